The fourth-order valence-corrected chi connectivity index (χ4v) is 3.92. The molecule has 2 saturated carbocycles. The predicted octanol–water partition coefficient (Wildman–Crippen LogP) is 3.68. The molecular formula is C17H28O4Si. The first kappa shape index (κ1) is 17.3. The van der Waals surface area contributed by atoms with Gasteiger partial charge in [-0.25, -0.2) is 0 Å². The lowest BCUT2D eigenvalue weighted by Crippen LogP contribution is -2.39. The first-order valence-corrected chi connectivity index (χ1v) is 11.0. The number of fused-ring (bicyclic) bond motifs is 1. The van der Waals surface area contributed by atoms with Gasteiger partial charge < -0.3 is 9.16 Å². The molecule has 2 aliphatic rings. The van der Waals surface area contributed by atoms with E-state index in [2.05, 4.69) is 33.9 Å². The van der Waals surface area contributed by atoms with Crippen molar-refractivity contribution >= 4 is 20.1 Å². The topological polar surface area (TPSA) is 52.6 Å². The zero-order valence-corrected chi connectivity index (χ0v) is 15.6. The molecule has 0 N–H and O–H groups in total. The molecule has 0 aromatic carbocycles. The van der Waals surface area contributed by atoms with Crippen molar-refractivity contribution in [2.75, 3.05) is 6.61 Å². The highest BCUT2D eigenvalue weighted by molar-refractivity contribution is 6.74. The molecule has 0 aromatic heterocycles. The molecule has 0 spiro atoms. The van der Waals surface area contributed by atoms with Gasteiger partial charge in [0.25, 0.3) is 0 Å². The number of esters is 1. The number of hydrogen-bond acceptors (Lipinski definition) is 4. The highest BCUT2D eigenvalue weighted by atomic mass is 28.4. The van der Waals surface area contributed by atoms with Gasteiger partial charge in [0.15, 0.2) is 0 Å². The summed E-state index contributed by atoms with van der Waals surface area (Å²) in [6.45, 7) is 13.0. The molecule has 0 saturated heterocycles. The number of Topliss-reactive ketones (excluding diaryl/α,β-unsaturated/α-hetero) is 1. The summed E-state index contributed by atoms with van der Waals surface area (Å²) in [6.07, 6.45) is 4.85. The summed E-state index contributed by atoms with van der Waals surface area (Å²) in [7, 11) is -1.91. The summed E-state index contributed by atoms with van der Waals surface area (Å²) in [5.41, 5.74) is -0.756. The molecule has 0 unspecified atom stereocenters. The maximum absolute atomic E-state index is 12.4. The summed E-state index contributed by atoms with van der Waals surface area (Å²) < 4.78 is 11.3. The van der Waals surface area contributed by atoms with Crippen LogP contribution in [0.4, 0.5) is 0 Å². The zero-order valence-electron chi connectivity index (χ0n) is 14.6. The standard InChI is InChI=1S/C17H28O4Si/c1-7-20-15(19)17(12-8-9-13(18)14(12)17)10-11-21-22(5,6)16(2,3)4/h10-12,14H,7-9H2,1-6H3/b11-10+/t12-,14-,17-/m0/s1. The van der Waals surface area contributed by atoms with Crippen molar-refractivity contribution in [2.45, 2.75) is 58.7 Å². The smallest absolute Gasteiger partial charge is 0.317 e. The Bertz CT molecular complexity index is 503. The van der Waals surface area contributed by atoms with E-state index in [1.807, 2.05) is 0 Å². The maximum Gasteiger partial charge on any atom is 0.317 e. The van der Waals surface area contributed by atoms with E-state index in [0.29, 0.717) is 13.0 Å². The van der Waals surface area contributed by atoms with Gasteiger partial charge in [-0.05, 0) is 43.5 Å². The normalized spacial score (nSPS) is 31.3. The minimum Gasteiger partial charge on any atom is -0.549 e. The van der Waals surface area contributed by atoms with E-state index in [4.69, 9.17) is 9.16 Å². The van der Waals surface area contributed by atoms with Crippen LogP contribution in [0.5, 0.6) is 0 Å². The maximum atomic E-state index is 12.4. The fourth-order valence-electron chi connectivity index (χ4n) is 3.15. The van der Waals surface area contributed by atoms with Crippen LogP contribution in [0, 0.1) is 17.3 Å². The molecule has 0 aromatic rings. The third-order valence-electron chi connectivity index (χ3n) is 5.61. The van der Waals surface area contributed by atoms with Crippen LogP contribution in [0.1, 0.15) is 40.5 Å². The van der Waals surface area contributed by atoms with E-state index in [0.717, 1.165) is 6.42 Å². The lowest BCUT2D eigenvalue weighted by molar-refractivity contribution is -0.150. The molecule has 2 fully saturated rings. The van der Waals surface area contributed by atoms with Crippen molar-refractivity contribution in [3.8, 4) is 0 Å². The average Bonchev–Trinajstić information content (AvgIpc) is 2.87. The molecule has 0 amide bonds. The second kappa shape index (κ2) is 5.51. The Labute approximate surface area is 134 Å². The van der Waals surface area contributed by atoms with E-state index in [1.165, 1.54) is 0 Å². The van der Waals surface area contributed by atoms with Crippen LogP contribution in [0.2, 0.25) is 18.1 Å². The van der Waals surface area contributed by atoms with Crippen molar-refractivity contribution in [3.63, 3.8) is 0 Å². The first-order valence-electron chi connectivity index (χ1n) is 8.13. The van der Waals surface area contributed by atoms with Gasteiger partial charge in [0.05, 0.1) is 12.9 Å². The molecule has 22 heavy (non-hydrogen) atoms. The van der Waals surface area contributed by atoms with Gasteiger partial charge >= 0.3 is 5.97 Å². The largest absolute Gasteiger partial charge is 0.549 e. The van der Waals surface area contributed by atoms with Crippen molar-refractivity contribution in [1.82, 2.24) is 0 Å². The lowest BCUT2D eigenvalue weighted by atomic mass is 9.95. The Morgan fingerprint density at radius 2 is 2.05 bits per heavy atom. The Balaban J connectivity index is 2.15. The van der Waals surface area contributed by atoms with E-state index in [1.54, 1.807) is 19.3 Å². The van der Waals surface area contributed by atoms with Crippen LogP contribution in [-0.4, -0.2) is 26.7 Å². The summed E-state index contributed by atoms with van der Waals surface area (Å²) in [6, 6.07) is 0. The first-order chi connectivity index (χ1) is 10.1. The fraction of sp³-hybridized carbons (Fsp3) is 0.765. The third kappa shape index (κ3) is 2.64. The Kier molecular flexibility index (Phi) is 4.32. The number of rotatable bonds is 5. The molecule has 0 heterocycles. The van der Waals surface area contributed by atoms with Gasteiger partial charge in [-0.2, -0.15) is 0 Å². The molecule has 0 aliphatic heterocycles. The minimum atomic E-state index is -1.91. The molecular weight excluding hydrogens is 296 g/mol. The monoisotopic (exact) mass is 324 g/mol. The minimum absolute atomic E-state index is 0.101. The summed E-state index contributed by atoms with van der Waals surface area (Å²) in [5.74, 6) is -0.160. The third-order valence-corrected chi connectivity index (χ3v) is 9.95. The van der Waals surface area contributed by atoms with Crippen LogP contribution < -0.4 is 0 Å². The van der Waals surface area contributed by atoms with E-state index >= 15 is 0 Å². The molecule has 0 radical (unpaired) electrons. The molecule has 2 rings (SSSR count). The van der Waals surface area contributed by atoms with Crippen LogP contribution >= 0.6 is 0 Å². The van der Waals surface area contributed by atoms with Crippen molar-refractivity contribution in [3.05, 3.63) is 12.3 Å². The van der Waals surface area contributed by atoms with Gasteiger partial charge in [0, 0.05) is 12.3 Å². The van der Waals surface area contributed by atoms with Gasteiger partial charge in [0.1, 0.15) is 11.2 Å². The van der Waals surface area contributed by atoms with Crippen molar-refractivity contribution < 1.29 is 18.8 Å². The van der Waals surface area contributed by atoms with Crippen LogP contribution in [0.15, 0.2) is 12.3 Å². The van der Waals surface area contributed by atoms with Crippen LogP contribution in [-0.2, 0) is 18.8 Å². The van der Waals surface area contributed by atoms with E-state index < -0.39 is 13.7 Å². The van der Waals surface area contributed by atoms with Crippen molar-refractivity contribution in [2.24, 2.45) is 17.3 Å². The summed E-state index contributed by atoms with van der Waals surface area (Å²) in [4.78, 5) is 24.4. The zero-order chi connectivity index (χ0) is 16.8. The van der Waals surface area contributed by atoms with Gasteiger partial charge in [-0.3, -0.25) is 9.59 Å². The number of ketones is 1. The Morgan fingerprint density at radius 1 is 1.41 bits per heavy atom. The average molecular weight is 324 g/mol. The number of ether oxygens (including phenoxy) is 1. The molecule has 124 valence electrons. The second-order valence-corrected chi connectivity index (χ2v) is 12.7. The van der Waals surface area contributed by atoms with Gasteiger partial charge in [0.2, 0.25) is 8.32 Å². The van der Waals surface area contributed by atoms with E-state index in [9.17, 15) is 9.59 Å². The quantitative estimate of drug-likeness (QED) is 0.440. The van der Waals surface area contributed by atoms with E-state index in [-0.39, 0.29) is 28.6 Å². The second-order valence-electron chi connectivity index (χ2n) is 7.92. The molecule has 4 nitrogen and oxygen atoms in total. The highest BCUT2D eigenvalue weighted by Crippen LogP contribution is 2.67. The predicted molar refractivity (Wildman–Crippen MR) is 87.7 cm³/mol. The van der Waals surface area contributed by atoms with Crippen molar-refractivity contribution in [1.29, 1.82) is 0 Å². The molecule has 2 aliphatic carbocycles. The lowest BCUT2D eigenvalue weighted by Gasteiger charge is -2.35. The van der Waals surface area contributed by atoms with Crippen LogP contribution in [0.3, 0.4) is 0 Å². The molecule has 5 heteroatoms. The number of hydrogen-bond donors (Lipinski definition) is 0. The molecule has 3 atom stereocenters. The molecule has 0 bridgehead atoms. The highest BCUT2D eigenvalue weighted by Gasteiger charge is 2.74. The van der Waals surface area contributed by atoms with Gasteiger partial charge in [-0.1, -0.05) is 20.8 Å². The Morgan fingerprint density at radius 3 is 2.50 bits per heavy atom. The van der Waals surface area contributed by atoms with Crippen LogP contribution in [0.25, 0.3) is 0 Å². The van der Waals surface area contributed by atoms with Gasteiger partial charge in [-0.15, -0.1) is 0 Å². The Hall–Kier alpha value is -1.10. The number of carbonyl (C=O) groups excluding carboxylic acids is 2. The SMILES string of the molecule is CCOC(=O)[C@]1(/C=C/O[Si](C)(C)C(C)(C)C)[C@@H]2C(=O)CC[C@@H]21. The number of carbonyl (C=O) groups is 2. The summed E-state index contributed by atoms with van der Waals surface area (Å²) in [5, 5.41) is 0.101. The summed E-state index contributed by atoms with van der Waals surface area (Å²) >= 11 is 0.